The van der Waals surface area contributed by atoms with Gasteiger partial charge in [-0.2, -0.15) is 11.8 Å². The molecule has 0 saturated carbocycles. The minimum absolute atomic E-state index is 0.716. The Morgan fingerprint density at radius 1 is 1.25 bits per heavy atom. The molecule has 0 bridgehead atoms. The fraction of sp³-hybridized carbons (Fsp3) is 1.00. The van der Waals surface area contributed by atoms with Crippen molar-refractivity contribution < 1.29 is 0 Å². The number of piperidine rings is 1. The Kier molecular flexibility index (Phi) is 2.66. The number of nitrogens with one attached hydrogen (secondary N) is 1. The van der Waals surface area contributed by atoms with Gasteiger partial charge in [-0.25, -0.2) is 0 Å². The van der Waals surface area contributed by atoms with E-state index in [1.54, 1.807) is 0 Å². The lowest BCUT2D eigenvalue weighted by molar-refractivity contribution is 0.177. The Morgan fingerprint density at radius 3 is 2.67 bits per heavy atom. The number of rotatable bonds is 0. The third-order valence-corrected chi connectivity index (χ3v) is 5.17. The first-order valence-electron chi connectivity index (χ1n) is 5.16. The summed E-state index contributed by atoms with van der Waals surface area (Å²) >= 11 is 2.20. The Bertz CT molecular complexity index is 144. The maximum absolute atomic E-state index is 3.47. The first kappa shape index (κ1) is 8.89. The van der Waals surface area contributed by atoms with Gasteiger partial charge < -0.3 is 5.32 Å². The van der Waals surface area contributed by atoms with Crippen molar-refractivity contribution in [2.24, 2.45) is 5.41 Å². The topological polar surface area (TPSA) is 12.0 Å². The fourth-order valence-electron chi connectivity index (χ4n) is 2.65. The van der Waals surface area contributed by atoms with Gasteiger partial charge in [-0.1, -0.05) is 6.92 Å². The van der Waals surface area contributed by atoms with Crippen molar-refractivity contribution in [1.82, 2.24) is 5.32 Å². The summed E-state index contributed by atoms with van der Waals surface area (Å²) in [6.45, 7) is 4.95. The number of hydrogen-bond donors (Lipinski definition) is 1. The maximum atomic E-state index is 3.47. The van der Waals surface area contributed by atoms with Crippen LogP contribution in [0.25, 0.3) is 0 Å². The minimum atomic E-state index is 0.716. The van der Waals surface area contributed by atoms with Crippen LogP contribution in [0.1, 0.15) is 32.6 Å². The molecule has 1 unspecified atom stereocenters. The summed E-state index contributed by atoms with van der Waals surface area (Å²) in [6, 6.07) is 0. The molecule has 2 aliphatic heterocycles. The van der Waals surface area contributed by atoms with E-state index in [1.807, 2.05) is 0 Å². The van der Waals surface area contributed by atoms with E-state index in [9.17, 15) is 0 Å². The van der Waals surface area contributed by atoms with E-state index < -0.39 is 0 Å². The van der Waals surface area contributed by atoms with Gasteiger partial charge >= 0.3 is 0 Å². The summed E-state index contributed by atoms with van der Waals surface area (Å²) < 4.78 is 0. The molecule has 12 heavy (non-hydrogen) atoms. The second-order valence-electron chi connectivity index (χ2n) is 4.23. The molecular formula is C10H19NS. The third kappa shape index (κ3) is 1.51. The molecule has 2 aliphatic rings. The molecule has 2 saturated heterocycles. The summed E-state index contributed by atoms with van der Waals surface area (Å²) in [6.07, 6.45) is 5.78. The molecule has 1 atom stereocenters. The van der Waals surface area contributed by atoms with E-state index in [4.69, 9.17) is 0 Å². The van der Waals surface area contributed by atoms with Crippen molar-refractivity contribution >= 4 is 11.8 Å². The van der Waals surface area contributed by atoms with Crippen LogP contribution in [-0.2, 0) is 0 Å². The van der Waals surface area contributed by atoms with E-state index in [-0.39, 0.29) is 0 Å². The van der Waals surface area contributed by atoms with Crippen LogP contribution < -0.4 is 5.32 Å². The number of hydrogen-bond acceptors (Lipinski definition) is 2. The molecular weight excluding hydrogens is 166 g/mol. The predicted octanol–water partition coefficient (Wildman–Crippen LogP) is 2.27. The SMILES string of the molecule is CC1SCCCC12CCNCC2. The van der Waals surface area contributed by atoms with E-state index in [0.29, 0.717) is 5.41 Å². The van der Waals surface area contributed by atoms with Gasteiger partial charge in [0.15, 0.2) is 0 Å². The molecule has 0 aromatic rings. The van der Waals surface area contributed by atoms with Gasteiger partial charge in [0.1, 0.15) is 0 Å². The van der Waals surface area contributed by atoms with Gasteiger partial charge in [-0.15, -0.1) is 0 Å². The van der Waals surface area contributed by atoms with Gasteiger partial charge in [-0.05, 0) is 49.9 Å². The monoisotopic (exact) mass is 185 g/mol. The normalized spacial score (nSPS) is 35.2. The third-order valence-electron chi connectivity index (χ3n) is 3.65. The highest BCUT2D eigenvalue weighted by Crippen LogP contribution is 2.46. The van der Waals surface area contributed by atoms with E-state index in [2.05, 4.69) is 24.0 Å². The van der Waals surface area contributed by atoms with Crippen LogP contribution in [0.15, 0.2) is 0 Å². The molecule has 0 aromatic carbocycles. The maximum Gasteiger partial charge on any atom is 0.00761 e. The van der Waals surface area contributed by atoms with Gasteiger partial charge in [-0.3, -0.25) is 0 Å². The van der Waals surface area contributed by atoms with Crippen LogP contribution >= 0.6 is 11.8 Å². The highest BCUT2D eigenvalue weighted by atomic mass is 32.2. The molecule has 70 valence electrons. The summed E-state index contributed by atoms with van der Waals surface area (Å²) in [5, 5.41) is 4.38. The van der Waals surface area contributed by atoms with Crippen LogP contribution in [0.4, 0.5) is 0 Å². The lowest BCUT2D eigenvalue weighted by Crippen LogP contribution is -2.43. The minimum Gasteiger partial charge on any atom is -0.317 e. The molecule has 2 heteroatoms. The molecule has 0 radical (unpaired) electrons. The summed E-state index contributed by atoms with van der Waals surface area (Å²) in [4.78, 5) is 0. The Balaban J connectivity index is 2.04. The molecule has 0 aromatic heterocycles. The average Bonchev–Trinajstić information content (AvgIpc) is 2.12. The molecule has 0 aliphatic carbocycles. The highest BCUT2D eigenvalue weighted by molar-refractivity contribution is 7.99. The van der Waals surface area contributed by atoms with Crippen molar-refractivity contribution in [2.75, 3.05) is 18.8 Å². The Morgan fingerprint density at radius 2 is 2.00 bits per heavy atom. The van der Waals surface area contributed by atoms with E-state index >= 15 is 0 Å². The van der Waals surface area contributed by atoms with Crippen molar-refractivity contribution in [1.29, 1.82) is 0 Å². The molecule has 2 rings (SSSR count). The molecule has 1 spiro atoms. The molecule has 2 fully saturated rings. The lowest BCUT2D eigenvalue weighted by atomic mass is 9.73. The summed E-state index contributed by atoms with van der Waals surface area (Å²) in [5.41, 5.74) is 0.716. The van der Waals surface area contributed by atoms with Crippen molar-refractivity contribution in [2.45, 2.75) is 37.9 Å². The largest absolute Gasteiger partial charge is 0.317 e. The van der Waals surface area contributed by atoms with E-state index in [1.165, 1.54) is 44.5 Å². The van der Waals surface area contributed by atoms with Gasteiger partial charge in [0.05, 0.1) is 0 Å². The lowest BCUT2D eigenvalue weighted by Gasteiger charge is -2.45. The van der Waals surface area contributed by atoms with Gasteiger partial charge in [0, 0.05) is 5.25 Å². The molecule has 0 amide bonds. The summed E-state index contributed by atoms with van der Waals surface area (Å²) in [5.74, 6) is 1.40. The molecule has 2 heterocycles. The van der Waals surface area contributed by atoms with Crippen LogP contribution in [0.5, 0.6) is 0 Å². The number of thioether (sulfide) groups is 1. The molecule has 1 N–H and O–H groups in total. The van der Waals surface area contributed by atoms with Crippen LogP contribution in [0.2, 0.25) is 0 Å². The van der Waals surface area contributed by atoms with E-state index in [0.717, 1.165) is 5.25 Å². The standard InChI is InChI=1S/C10H19NS/c1-9-10(3-2-8-12-9)4-6-11-7-5-10/h9,11H,2-8H2,1H3. The second-order valence-corrected chi connectivity index (χ2v) is 5.68. The van der Waals surface area contributed by atoms with Crippen molar-refractivity contribution in [3.63, 3.8) is 0 Å². The Hall–Kier alpha value is 0.310. The quantitative estimate of drug-likeness (QED) is 0.621. The zero-order valence-corrected chi connectivity index (χ0v) is 8.75. The summed E-state index contributed by atoms with van der Waals surface area (Å²) in [7, 11) is 0. The fourth-order valence-corrected chi connectivity index (χ4v) is 4.02. The van der Waals surface area contributed by atoms with Crippen LogP contribution in [0.3, 0.4) is 0 Å². The van der Waals surface area contributed by atoms with Gasteiger partial charge in [0.25, 0.3) is 0 Å². The smallest absolute Gasteiger partial charge is 0.00761 e. The van der Waals surface area contributed by atoms with Gasteiger partial charge in [0.2, 0.25) is 0 Å². The van der Waals surface area contributed by atoms with Crippen molar-refractivity contribution in [3.8, 4) is 0 Å². The second kappa shape index (κ2) is 3.59. The zero-order valence-electron chi connectivity index (χ0n) is 7.94. The highest BCUT2D eigenvalue weighted by Gasteiger charge is 2.39. The molecule has 1 nitrogen and oxygen atoms in total. The van der Waals surface area contributed by atoms with Crippen LogP contribution in [-0.4, -0.2) is 24.1 Å². The zero-order chi connectivity index (χ0) is 8.44. The van der Waals surface area contributed by atoms with Crippen molar-refractivity contribution in [3.05, 3.63) is 0 Å². The Labute approximate surface area is 79.7 Å². The predicted molar refractivity (Wildman–Crippen MR) is 55.7 cm³/mol. The first-order chi connectivity index (χ1) is 5.83. The van der Waals surface area contributed by atoms with Crippen LogP contribution in [0, 0.1) is 5.41 Å². The first-order valence-corrected chi connectivity index (χ1v) is 6.21. The average molecular weight is 185 g/mol.